The van der Waals surface area contributed by atoms with E-state index in [1.54, 1.807) is 30.3 Å². The number of carbonyl (C=O) groups is 1. The maximum Gasteiger partial charge on any atom is 0.206 e. The summed E-state index contributed by atoms with van der Waals surface area (Å²) in [6.45, 7) is 0. The summed E-state index contributed by atoms with van der Waals surface area (Å²) >= 11 is 1.36. The molecule has 0 atom stereocenters. The van der Waals surface area contributed by atoms with Crippen molar-refractivity contribution >= 4 is 27.2 Å². The average Bonchev–Trinajstić information content (AvgIpc) is 2.89. The van der Waals surface area contributed by atoms with E-state index in [0.717, 1.165) is 10.1 Å². The maximum absolute atomic E-state index is 13.2. The van der Waals surface area contributed by atoms with Crippen LogP contribution in [-0.4, -0.2) is 12.9 Å². The monoisotopic (exact) mass is 286 g/mol. The lowest BCUT2D eigenvalue weighted by Gasteiger charge is -2.05. The molecule has 0 bridgehead atoms. The third kappa shape index (κ3) is 2.18. The van der Waals surface area contributed by atoms with Gasteiger partial charge in [-0.05, 0) is 41.8 Å². The number of thiophene rings is 1. The molecule has 0 amide bonds. The first-order valence-electron chi connectivity index (χ1n) is 6.06. The van der Waals surface area contributed by atoms with Gasteiger partial charge in [0.15, 0.2) is 0 Å². The lowest BCUT2D eigenvalue weighted by Crippen LogP contribution is -2.01. The molecule has 0 aliphatic heterocycles. The number of rotatable bonds is 3. The SMILES string of the molecule is COc1ccccc1C(=O)c1cc2cc(F)ccc2s1. The number of carbonyl (C=O) groups excluding carboxylic acids is 1. The Morgan fingerprint density at radius 2 is 1.95 bits per heavy atom. The summed E-state index contributed by atoms with van der Waals surface area (Å²) in [6.07, 6.45) is 0. The van der Waals surface area contributed by atoms with Crippen molar-refractivity contribution in [2.75, 3.05) is 7.11 Å². The third-order valence-corrected chi connectivity index (χ3v) is 4.17. The molecular formula is C16H11FO2S. The van der Waals surface area contributed by atoms with Gasteiger partial charge in [0.05, 0.1) is 17.6 Å². The highest BCUT2D eigenvalue weighted by Crippen LogP contribution is 2.30. The van der Waals surface area contributed by atoms with E-state index in [1.165, 1.54) is 30.6 Å². The topological polar surface area (TPSA) is 26.3 Å². The number of hydrogen-bond donors (Lipinski definition) is 0. The van der Waals surface area contributed by atoms with Gasteiger partial charge in [0, 0.05) is 4.70 Å². The molecule has 0 saturated carbocycles. The summed E-state index contributed by atoms with van der Waals surface area (Å²) in [5, 5.41) is 0.744. The summed E-state index contributed by atoms with van der Waals surface area (Å²) in [4.78, 5) is 13.1. The second-order valence-electron chi connectivity index (χ2n) is 4.32. The van der Waals surface area contributed by atoms with Crippen LogP contribution in [0.1, 0.15) is 15.2 Å². The van der Waals surface area contributed by atoms with Crippen molar-refractivity contribution in [1.82, 2.24) is 0 Å². The molecule has 1 heterocycles. The van der Waals surface area contributed by atoms with E-state index in [2.05, 4.69) is 0 Å². The Kier molecular flexibility index (Phi) is 3.24. The Morgan fingerprint density at radius 3 is 2.75 bits per heavy atom. The lowest BCUT2D eigenvalue weighted by atomic mass is 10.1. The van der Waals surface area contributed by atoms with E-state index >= 15 is 0 Å². The quantitative estimate of drug-likeness (QED) is 0.672. The van der Waals surface area contributed by atoms with Crippen LogP contribution in [0.5, 0.6) is 5.75 Å². The van der Waals surface area contributed by atoms with E-state index in [-0.39, 0.29) is 11.6 Å². The molecule has 0 aliphatic carbocycles. The molecule has 20 heavy (non-hydrogen) atoms. The van der Waals surface area contributed by atoms with E-state index in [9.17, 15) is 9.18 Å². The summed E-state index contributed by atoms with van der Waals surface area (Å²) in [5.41, 5.74) is 0.516. The van der Waals surface area contributed by atoms with Gasteiger partial charge in [0.25, 0.3) is 0 Å². The minimum absolute atomic E-state index is 0.107. The van der Waals surface area contributed by atoms with Crippen molar-refractivity contribution in [1.29, 1.82) is 0 Å². The van der Waals surface area contributed by atoms with Crippen LogP contribution in [0.2, 0.25) is 0 Å². The molecular weight excluding hydrogens is 275 g/mol. The van der Waals surface area contributed by atoms with Gasteiger partial charge in [-0.3, -0.25) is 4.79 Å². The predicted molar refractivity (Wildman–Crippen MR) is 78.2 cm³/mol. The highest BCUT2D eigenvalue weighted by atomic mass is 32.1. The zero-order chi connectivity index (χ0) is 14.1. The van der Waals surface area contributed by atoms with Crippen molar-refractivity contribution < 1.29 is 13.9 Å². The van der Waals surface area contributed by atoms with Crippen LogP contribution in [0.25, 0.3) is 10.1 Å². The number of fused-ring (bicyclic) bond motifs is 1. The van der Waals surface area contributed by atoms with Gasteiger partial charge < -0.3 is 4.74 Å². The zero-order valence-electron chi connectivity index (χ0n) is 10.7. The number of ketones is 1. The molecule has 0 radical (unpaired) electrons. The molecule has 3 rings (SSSR count). The number of halogens is 1. The minimum atomic E-state index is -0.299. The maximum atomic E-state index is 13.2. The number of ether oxygens (including phenoxy) is 1. The van der Waals surface area contributed by atoms with Crippen LogP contribution in [-0.2, 0) is 0 Å². The van der Waals surface area contributed by atoms with Gasteiger partial charge in [-0.1, -0.05) is 12.1 Å². The van der Waals surface area contributed by atoms with Crippen molar-refractivity contribution in [2.45, 2.75) is 0 Å². The Hall–Kier alpha value is -2.20. The molecule has 0 fully saturated rings. The standard InChI is InChI=1S/C16H11FO2S/c1-19-13-5-3-2-4-12(13)16(18)15-9-10-8-11(17)6-7-14(10)20-15/h2-9H,1H3. The second kappa shape index (κ2) is 5.06. The summed E-state index contributed by atoms with van der Waals surface area (Å²) in [5.74, 6) is 0.136. The van der Waals surface area contributed by atoms with Crippen LogP contribution in [0, 0.1) is 5.82 Å². The Labute approximate surface area is 119 Å². The molecule has 1 aromatic heterocycles. The number of para-hydroxylation sites is 1. The van der Waals surface area contributed by atoms with Gasteiger partial charge in [-0.15, -0.1) is 11.3 Å². The normalized spacial score (nSPS) is 10.7. The summed E-state index contributed by atoms with van der Waals surface area (Å²) in [6, 6.07) is 13.3. The average molecular weight is 286 g/mol. The Morgan fingerprint density at radius 1 is 1.15 bits per heavy atom. The van der Waals surface area contributed by atoms with Gasteiger partial charge in [-0.25, -0.2) is 4.39 Å². The van der Waals surface area contributed by atoms with Crippen LogP contribution in [0.4, 0.5) is 4.39 Å². The molecule has 0 unspecified atom stereocenters. The van der Waals surface area contributed by atoms with Crippen LogP contribution in [0.3, 0.4) is 0 Å². The number of hydrogen-bond acceptors (Lipinski definition) is 3. The first-order chi connectivity index (χ1) is 9.69. The molecule has 2 aromatic carbocycles. The highest BCUT2D eigenvalue weighted by molar-refractivity contribution is 7.21. The summed E-state index contributed by atoms with van der Waals surface area (Å²) in [7, 11) is 1.53. The smallest absolute Gasteiger partial charge is 0.206 e. The van der Waals surface area contributed by atoms with Crippen LogP contribution in [0.15, 0.2) is 48.5 Å². The van der Waals surface area contributed by atoms with Crippen LogP contribution < -0.4 is 4.74 Å². The Balaban J connectivity index is 2.08. The number of benzene rings is 2. The Bertz CT molecular complexity index is 792. The first kappa shape index (κ1) is 12.8. The molecule has 2 nitrogen and oxygen atoms in total. The van der Waals surface area contributed by atoms with Gasteiger partial charge in [0.2, 0.25) is 5.78 Å². The van der Waals surface area contributed by atoms with Crippen molar-refractivity contribution in [3.8, 4) is 5.75 Å². The van der Waals surface area contributed by atoms with E-state index in [4.69, 9.17) is 4.74 Å². The fraction of sp³-hybridized carbons (Fsp3) is 0.0625. The zero-order valence-corrected chi connectivity index (χ0v) is 11.5. The molecule has 0 N–H and O–H groups in total. The van der Waals surface area contributed by atoms with Gasteiger partial charge in [0.1, 0.15) is 11.6 Å². The largest absolute Gasteiger partial charge is 0.496 e. The molecule has 100 valence electrons. The fourth-order valence-electron chi connectivity index (χ4n) is 2.09. The summed E-state index contributed by atoms with van der Waals surface area (Å²) < 4.78 is 19.3. The van der Waals surface area contributed by atoms with Crippen molar-refractivity contribution in [2.24, 2.45) is 0 Å². The first-order valence-corrected chi connectivity index (χ1v) is 6.87. The van der Waals surface area contributed by atoms with Crippen molar-refractivity contribution in [3.63, 3.8) is 0 Å². The molecule has 0 saturated heterocycles. The second-order valence-corrected chi connectivity index (χ2v) is 5.41. The van der Waals surface area contributed by atoms with Crippen molar-refractivity contribution in [3.05, 3.63) is 64.8 Å². The highest BCUT2D eigenvalue weighted by Gasteiger charge is 2.16. The fourth-order valence-corrected chi connectivity index (χ4v) is 3.09. The van der Waals surface area contributed by atoms with E-state index < -0.39 is 0 Å². The van der Waals surface area contributed by atoms with Crippen LogP contribution >= 0.6 is 11.3 Å². The minimum Gasteiger partial charge on any atom is -0.496 e. The predicted octanol–water partition coefficient (Wildman–Crippen LogP) is 4.28. The molecule has 0 aliphatic rings. The third-order valence-electron chi connectivity index (χ3n) is 3.05. The molecule has 3 aromatic rings. The van der Waals surface area contributed by atoms with E-state index in [0.29, 0.717) is 16.2 Å². The van der Waals surface area contributed by atoms with Gasteiger partial charge >= 0.3 is 0 Å². The lowest BCUT2D eigenvalue weighted by molar-refractivity contribution is 0.103. The van der Waals surface area contributed by atoms with E-state index in [1.807, 2.05) is 6.07 Å². The van der Waals surface area contributed by atoms with Gasteiger partial charge in [-0.2, -0.15) is 0 Å². The molecule has 4 heteroatoms. The number of methoxy groups -OCH3 is 1. The molecule has 0 spiro atoms.